The van der Waals surface area contributed by atoms with Crippen LogP contribution in [0.2, 0.25) is 0 Å². The van der Waals surface area contributed by atoms with Crippen LogP contribution in [-0.2, 0) is 13.0 Å². The molecule has 3 heterocycles. The molecule has 0 aliphatic carbocycles. The van der Waals surface area contributed by atoms with Gasteiger partial charge in [-0.15, -0.1) is 0 Å². The van der Waals surface area contributed by atoms with Crippen molar-refractivity contribution in [1.82, 2.24) is 19.9 Å². The van der Waals surface area contributed by atoms with Gasteiger partial charge in [-0.2, -0.15) is 0 Å². The zero-order valence-electron chi connectivity index (χ0n) is 15.6. The first-order valence-corrected chi connectivity index (χ1v) is 9.50. The van der Waals surface area contributed by atoms with Gasteiger partial charge in [-0.1, -0.05) is 48.5 Å². The molecule has 1 aliphatic rings. The lowest BCUT2D eigenvalue weighted by Gasteiger charge is -2.28. The smallest absolute Gasteiger partial charge is 0.254 e. The predicted octanol–water partition coefficient (Wildman–Crippen LogP) is 3.18. The molecule has 0 radical (unpaired) electrons. The molecule has 2 aromatic heterocycles. The number of hydrogen-bond acceptors (Lipinski definition) is 4. The summed E-state index contributed by atoms with van der Waals surface area (Å²) < 4.78 is 0. The van der Waals surface area contributed by atoms with Gasteiger partial charge in [0.1, 0.15) is 0 Å². The molecule has 0 unspecified atom stereocenters. The van der Waals surface area contributed by atoms with E-state index in [0.29, 0.717) is 36.3 Å². The predicted molar refractivity (Wildman–Crippen MR) is 110 cm³/mol. The number of H-pyrrole nitrogens is 1. The van der Waals surface area contributed by atoms with Crippen molar-refractivity contribution in [3.8, 4) is 11.3 Å². The Morgan fingerprint density at radius 3 is 2.69 bits per heavy atom. The minimum Gasteiger partial charge on any atom is -0.332 e. The van der Waals surface area contributed by atoms with E-state index in [2.05, 4.69) is 9.97 Å². The SMILES string of the molecule is O=C(c1cc(-c2ccccc2)nc2ccccc12)N1CCc2c(nc[nH]c2=O)C1. The van der Waals surface area contributed by atoms with E-state index in [0.717, 1.165) is 22.2 Å². The summed E-state index contributed by atoms with van der Waals surface area (Å²) >= 11 is 0. The monoisotopic (exact) mass is 382 g/mol. The van der Waals surface area contributed by atoms with Gasteiger partial charge in [-0.05, 0) is 18.6 Å². The molecule has 6 heteroatoms. The maximum Gasteiger partial charge on any atom is 0.254 e. The highest BCUT2D eigenvalue weighted by molar-refractivity contribution is 6.07. The Balaban J connectivity index is 1.59. The first-order valence-electron chi connectivity index (χ1n) is 9.50. The maximum absolute atomic E-state index is 13.5. The van der Waals surface area contributed by atoms with Crippen LogP contribution < -0.4 is 5.56 Å². The van der Waals surface area contributed by atoms with Crippen LogP contribution in [0.25, 0.3) is 22.2 Å². The van der Waals surface area contributed by atoms with Crippen molar-refractivity contribution < 1.29 is 4.79 Å². The number of carbonyl (C=O) groups excluding carboxylic acids is 1. The molecule has 4 aromatic rings. The Kier molecular flexibility index (Phi) is 4.17. The van der Waals surface area contributed by atoms with Crippen molar-refractivity contribution in [3.05, 3.63) is 94.2 Å². The number of amides is 1. The lowest BCUT2D eigenvalue weighted by atomic mass is 10.0. The van der Waals surface area contributed by atoms with Crippen LogP contribution >= 0.6 is 0 Å². The first-order chi connectivity index (χ1) is 14.2. The molecule has 1 N–H and O–H groups in total. The van der Waals surface area contributed by atoms with Crippen molar-refractivity contribution in [2.45, 2.75) is 13.0 Å². The Labute approximate surface area is 166 Å². The van der Waals surface area contributed by atoms with Crippen molar-refractivity contribution >= 4 is 16.8 Å². The molecule has 1 aliphatic heterocycles. The van der Waals surface area contributed by atoms with Crippen LogP contribution in [0.4, 0.5) is 0 Å². The van der Waals surface area contributed by atoms with Gasteiger partial charge in [-0.3, -0.25) is 9.59 Å². The van der Waals surface area contributed by atoms with E-state index < -0.39 is 0 Å². The van der Waals surface area contributed by atoms with E-state index in [1.807, 2.05) is 60.7 Å². The first kappa shape index (κ1) is 17.3. The van der Waals surface area contributed by atoms with Gasteiger partial charge < -0.3 is 9.88 Å². The molecule has 6 nitrogen and oxygen atoms in total. The quantitative estimate of drug-likeness (QED) is 0.577. The molecule has 0 saturated carbocycles. The molecule has 1 amide bonds. The fourth-order valence-electron chi connectivity index (χ4n) is 3.82. The van der Waals surface area contributed by atoms with Crippen molar-refractivity contribution in [3.63, 3.8) is 0 Å². The number of pyridine rings is 1. The molecule has 2 aromatic carbocycles. The molecular weight excluding hydrogens is 364 g/mol. The second-order valence-electron chi connectivity index (χ2n) is 7.07. The average molecular weight is 382 g/mol. The van der Waals surface area contributed by atoms with E-state index in [-0.39, 0.29) is 11.5 Å². The number of carbonyl (C=O) groups is 1. The Bertz CT molecular complexity index is 1280. The van der Waals surface area contributed by atoms with E-state index in [4.69, 9.17) is 4.98 Å². The second kappa shape index (κ2) is 6.98. The summed E-state index contributed by atoms with van der Waals surface area (Å²) in [6, 6.07) is 19.4. The highest BCUT2D eigenvalue weighted by atomic mass is 16.2. The lowest BCUT2D eigenvalue weighted by molar-refractivity contribution is 0.0733. The summed E-state index contributed by atoms with van der Waals surface area (Å²) in [6.45, 7) is 0.813. The average Bonchev–Trinajstić information content (AvgIpc) is 2.78. The van der Waals surface area contributed by atoms with E-state index in [1.165, 1.54) is 6.33 Å². The highest BCUT2D eigenvalue weighted by Crippen LogP contribution is 2.27. The van der Waals surface area contributed by atoms with Gasteiger partial charge in [0.2, 0.25) is 0 Å². The summed E-state index contributed by atoms with van der Waals surface area (Å²) in [6.07, 6.45) is 1.89. The van der Waals surface area contributed by atoms with Gasteiger partial charge in [0.05, 0.1) is 35.3 Å². The second-order valence-corrected chi connectivity index (χ2v) is 7.07. The number of aromatic amines is 1. The summed E-state index contributed by atoms with van der Waals surface area (Å²) in [5, 5.41) is 0.821. The van der Waals surface area contributed by atoms with Crippen LogP contribution in [0.3, 0.4) is 0 Å². The maximum atomic E-state index is 13.5. The number of nitrogens with one attached hydrogen (secondary N) is 1. The normalized spacial score (nSPS) is 13.3. The zero-order valence-corrected chi connectivity index (χ0v) is 15.6. The fourth-order valence-corrected chi connectivity index (χ4v) is 3.82. The molecule has 0 saturated heterocycles. The van der Waals surface area contributed by atoms with Gasteiger partial charge in [0.15, 0.2) is 0 Å². The third-order valence-electron chi connectivity index (χ3n) is 5.31. The van der Waals surface area contributed by atoms with Crippen molar-refractivity contribution in [2.75, 3.05) is 6.54 Å². The number of nitrogens with zero attached hydrogens (tertiary/aromatic N) is 3. The third-order valence-corrected chi connectivity index (χ3v) is 5.31. The zero-order chi connectivity index (χ0) is 19.8. The largest absolute Gasteiger partial charge is 0.332 e. The Morgan fingerprint density at radius 1 is 1.03 bits per heavy atom. The van der Waals surface area contributed by atoms with Crippen LogP contribution in [-0.4, -0.2) is 32.3 Å². The highest BCUT2D eigenvalue weighted by Gasteiger charge is 2.26. The summed E-state index contributed by atoms with van der Waals surface area (Å²) in [5.41, 5.74) is 4.33. The fraction of sp³-hybridized carbons (Fsp3) is 0.130. The van der Waals surface area contributed by atoms with Crippen LogP contribution in [0, 0.1) is 0 Å². The van der Waals surface area contributed by atoms with E-state index in [1.54, 1.807) is 4.90 Å². The molecule has 5 rings (SSSR count). The molecule has 0 atom stereocenters. The molecule has 142 valence electrons. The third kappa shape index (κ3) is 3.08. The van der Waals surface area contributed by atoms with Gasteiger partial charge in [0, 0.05) is 23.1 Å². The molecule has 0 bridgehead atoms. The Hall–Kier alpha value is -3.80. The van der Waals surface area contributed by atoms with Gasteiger partial charge in [0.25, 0.3) is 11.5 Å². The molecule has 29 heavy (non-hydrogen) atoms. The van der Waals surface area contributed by atoms with E-state index in [9.17, 15) is 9.59 Å². The minimum atomic E-state index is -0.122. The summed E-state index contributed by atoms with van der Waals surface area (Å²) in [7, 11) is 0. The number of aromatic nitrogens is 3. The van der Waals surface area contributed by atoms with Gasteiger partial charge in [-0.25, -0.2) is 9.97 Å². The van der Waals surface area contributed by atoms with Crippen LogP contribution in [0.1, 0.15) is 21.6 Å². The molecular formula is C23H18N4O2. The molecule has 0 spiro atoms. The van der Waals surface area contributed by atoms with E-state index >= 15 is 0 Å². The number of rotatable bonds is 2. The Morgan fingerprint density at radius 2 is 1.83 bits per heavy atom. The molecule has 0 fully saturated rings. The topological polar surface area (TPSA) is 79.0 Å². The van der Waals surface area contributed by atoms with Crippen LogP contribution in [0.15, 0.2) is 71.8 Å². The van der Waals surface area contributed by atoms with Crippen molar-refractivity contribution in [2.24, 2.45) is 0 Å². The minimum absolute atomic E-state index is 0.0755. The number of benzene rings is 2. The van der Waals surface area contributed by atoms with Crippen molar-refractivity contribution in [1.29, 1.82) is 0 Å². The standard InChI is InChI=1S/C23H18N4O2/c28-22-17-10-11-27(13-21(17)24-14-25-22)23(29)18-12-20(15-6-2-1-3-7-15)26-19-9-5-4-8-16(18)19/h1-9,12,14H,10-11,13H2,(H,24,25,28). The number of para-hydroxylation sites is 1. The van der Waals surface area contributed by atoms with Gasteiger partial charge >= 0.3 is 0 Å². The van der Waals surface area contributed by atoms with Crippen LogP contribution in [0.5, 0.6) is 0 Å². The lowest BCUT2D eigenvalue weighted by Crippen LogP contribution is -2.39. The summed E-state index contributed by atoms with van der Waals surface area (Å²) in [5.74, 6) is -0.0755. The summed E-state index contributed by atoms with van der Waals surface area (Å²) in [4.78, 5) is 38.8. The number of hydrogen-bond donors (Lipinski definition) is 1. The number of fused-ring (bicyclic) bond motifs is 2.